The molecule has 1 unspecified atom stereocenters. The minimum absolute atomic E-state index is 0.153. The van der Waals surface area contributed by atoms with Crippen molar-refractivity contribution in [2.45, 2.75) is 32.3 Å². The first kappa shape index (κ1) is 16.2. The molecule has 1 atom stereocenters. The molecule has 25 heavy (non-hydrogen) atoms. The molecule has 1 amide bonds. The lowest BCUT2D eigenvalue weighted by atomic mass is 10.0. The van der Waals surface area contributed by atoms with Gasteiger partial charge in [-0.1, -0.05) is 30.3 Å². The molecule has 1 aromatic heterocycles. The fourth-order valence-corrected chi connectivity index (χ4v) is 3.82. The second kappa shape index (κ2) is 6.89. The number of hydrogen-bond donors (Lipinski definition) is 0. The molecule has 130 valence electrons. The molecule has 4 nitrogen and oxygen atoms in total. The highest BCUT2D eigenvalue weighted by molar-refractivity contribution is 6.08. The number of amides is 1. The van der Waals surface area contributed by atoms with Gasteiger partial charge in [-0.15, -0.1) is 0 Å². The Labute approximate surface area is 147 Å². The summed E-state index contributed by atoms with van der Waals surface area (Å²) in [6.07, 6.45) is 4.32. The summed E-state index contributed by atoms with van der Waals surface area (Å²) in [4.78, 5) is 14.8. The van der Waals surface area contributed by atoms with Gasteiger partial charge in [0.15, 0.2) is 0 Å². The van der Waals surface area contributed by atoms with E-state index in [4.69, 9.17) is 9.15 Å². The maximum Gasteiger partial charge on any atom is 0.227 e. The monoisotopic (exact) mass is 337 g/mol. The summed E-state index contributed by atoms with van der Waals surface area (Å²) in [6, 6.07) is 12.3. The van der Waals surface area contributed by atoms with E-state index in [2.05, 4.69) is 18.2 Å². The summed E-state index contributed by atoms with van der Waals surface area (Å²) in [7, 11) is 0. The van der Waals surface area contributed by atoms with Crippen LogP contribution >= 0.6 is 0 Å². The van der Waals surface area contributed by atoms with Gasteiger partial charge in [0.05, 0.1) is 18.8 Å². The van der Waals surface area contributed by atoms with Gasteiger partial charge in [-0.05, 0) is 36.6 Å². The van der Waals surface area contributed by atoms with Crippen LogP contribution in [-0.4, -0.2) is 36.6 Å². The summed E-state index contributed by atoms with van der Waals surface area (Å²) >= 11 is 0. The number of carbonyl (C=O) groups excluding carboxylic acids is 1. The zero-order valence-electron chi connectivity index (χ0n) is 14.5. The van der Waals surface area contributed by atoms with E-state index in [-0.39, 0.29) is 12.0 Å². The van der Waals surface area contributed by atoms with Gasteiger partial charge in [0.25, 0.3) is 0 Å². The van der Waals surface area contributed by atoms with Gasteiger partial charge in [0.1, 0.15) is 5.58 Å². The standard InChI is InChI=1S/C21H23NO3/c1-2-24-17-7-5-11-22(13-17)20(23)12-16-14-25-19-10-9-15-6-3-4-8-18(15)21(16)19/h3-4,6,8-10,14,17H,2,5,7,11-13H2,1H3. The summed E-state index contributed by atoms with van der Waals surface area (Å²) < 4.78 is 11.4. The van der Waals surface area contributed by atoms with Crippen LogP contribution in [0.3, 0.4) is 0 Å². The van der Waals surface area contributed by atoms with Crippen molar-refractivity contribution in [2.75, 3.05) is 19.7 Å². The molecule has 1 saturated heterocycles. The largest absolute Gasteiger partial charge is 0.464 e. The number of furan rings is 1. The fraction of sp³-hybridized carbons (Fsp3) is 0.381. The second-order valence-electron chi connectivity index (χ2n) is 6.66. The van der Waals surface area contributed by atoms with Crippen LogP contribution in [0.15, 0.2) is 47.1 Å². The van der Waals surface area contributed by atoms with Crippen LogP contribution in [-0.2, 0) is 16.0 Å². The number of piperidine rings is 1. The van der Waals surface area contributed by atoms with Crippen LogP contribution in [0.25, 0.3) is 21.7 Å². The third kappa shape index (κ3) is 3.14. The molecule has 0 bridgehead atoms. The zero-order chi connectivity index (χ0) is 17.2. The number of ether oxygens (including phenoxy) is 1. The average Bonchev–Trinajstić information content (AvgIpc) is 3.05. The van der Waals surface area contributed by atoms with Crippen molar-refractivity contribution in [1.82, 2.24) is 4.90 Å². The normalized spacial score (nSPS) is 18.1. The van der Waals surface area contributed by atoms with Crippen LogP contribution < -0.4 is 0 Å². The van der Waals surface area contributed by atoms with Crippen molar-refractivity contribution in [3.05, 3.63) is 48.2 Å². The van der Waals surface area contributed by atoms with Gasteiger partial charge in [-0.3, -0.25) is 4.79 Å². The SMILES string of the molecule is CCOC1CCCN(C(=O)Cc2coc3ccc4ccccc4c23)C1. The first-order valence-electron chi connectivity index (χ1n) is 9.03. The summed E-state index contributed by atoms with van der Waals surface area (Å²) in [5, 5.41) is 3.37. The number of benzene rings is 2. The predicted molar refractivity (Wildman–Crippen MR) is 98.7 cm³/mol. The fourth-order valence-electron chi connectivity index (χ4n) is 3.82. The molecule has 1 aliphatic rings. The van der Waals surface area contributed by atoms with E-state index in [1.807, 2.05) is 30.0 Å². The van der Waals surface area contributed by atoms with Gasteiger partial charge < -0.3 is 14.1 Å². The average molecular weight is 337 g/mol. The Morgan fingerprint density at radius 2 is 2.16 bits per heavy atom. The van der Waals surface area contributed by atoms with E-state index in [0.29, 0.717) is 19.6 Å². The van der Waals surface area contributed by atoms with Crippen molar-refractivity contribution in [1.29, 1.82) is 0 Å². The molecule has 4 rings (SSSR count). The van der Waals surface area contributed by atoms with Gasteiger partial charge >= 0.3 is 0 Å². The molecule has 1 aliphatic heterocycles. The van der Waals surface area contributed by atoms with Gasteiger partial charge in [0, 0.05) is 30.6 Å². The van der Waals surface area contributed by atoms with Crippen LogP contribution in [0.1, 0.15) is 25.3 Å². The Bertz CT molecular complexity index is 896. The number of hydrogen-bond acceptors (Lipinski definition) is 3. The highest BCUT2D eigenvalue weighted by atomic mass is 16.5. The molecule has 0 radical (unpaired) electrons. The molecule has 2 heterocycles. The van der Waals surface area contributed by atoms with E-state index < -0.39 is 0 Å². The predicted octanol–water partition coefficient (Wildman–Crippen LogP) is 4.16. The third-order valence-corrected chi connectivity index (χ3v) is 5.01. The number of fused-ring (bicyclic) bond motifs is 3. The van der Waals surface area contributed by atoms with Gasteiger partial charge in [0.2, 0.25) is 5.91 Å². The van der Waals surface area contributed by atoms with Crippen molar-refractivity contribution in [2.24, 2.45) is 0 Å². The highest BCUT2D eigenvalue weighted by Gasteiger charge is 2.25. The molecule has 0 spiro atoms. The lowest BCUT2D eigenvalue weighted by Gasteiger charge is -2.32. The van der Waals surface area contributed by atoms with Gasteiger partial charge in [-0.25, -0.2) is 0 Å². The molecule has 3 aromatic rings. The molecule has 0 N–H and O–H groups in total. The molecule has 0 saturated carbocycles. The Morgan fingerprint density at radius 3 is 3.04 bits per heavy atom. The first-order chi connectivity index (χ1) is 12.3. The number of rotatable bonds is 4. The molecular weight excluding hydrogens is 314 g/mol. The molecule has 0 aliphatic carbocycles. The van der Waals surface area contributed by atoms with E-state index >= 15 is 0 Å². The molecular formula is C21H23NO3. The smallest absolute Gasteiger partial charge is 0.227 e. The molecule has 2 aromatic carbocycles. The Kier molecular flexibility index (Phi) is 4.45. The van der Waals surface area contributed by atoms with Crippen molar-refractivity contribution >= 4 is 27.6 Å². The Balaban J connectivity index is 1.60. The summed E-state index contributed by atoms with van der Waals surface area (Å²) in [5.41, 5.74) is 1.81. The first-order valence-corrected chi connectivity index (χ1v) is 9.03. The lowest BCUT2D eigenvalue weighted by Crippen LogP contribution is -2.43. The van der Waals surface area contributed by atoms with Crippen LogP contribution in [0, 0.1) is 0 Å². The minimum Gasteiger partial charge on any atom is -0.464 e. The lowest BCUT2D eigenvalue weighted by molar-refractivity contribution is -0.134. The number of nitrogens with zero attached hydrogens (tertiary/aromatic N) is 1. The van der Waals surface area contributed by atoms with Crippen molar-refractivity contribution in [3.8, 4) is 0 Å². The molecule has 4 heteroatoms. The van der Waals surface area contributed by atoms with E-state index in [1.165, 1.54) is 5.39 Å². The van der Waals surface area contributed by atoms with E-state index in [9.17, 15) is 4.79 Å². The maximum atomic E-state index is 12.8. The Hall–Kier alpha value is -2.33. The summed E-state index contributed by atoms with van der Waals surface area (Å²) in [6.45, 7) is 4.22. The van der Waals surface area contributed by atoms with Crippen molar-refractivity contribution < 1.29 is 13.9 Å². The van der Waals surface area contributed by atoms with Crippen LogP contribution in [0.5, 0.6) is 0 Å². The quantitative estimate of drug-likeness (QED) is 0.718. The molecule has 1 fully saturated rings. The minimum atomic E-state index is 0.153. The van der Waals surface area contributed by atoms with Crippen LogP contribution in [0.2, 0.25) is 0 Å². The Morgan fingerprint density at radius 1 is 1.28 bits per heavy atom. The van der Waals surface area contributed by atoms with Gasteiger partial charge in [-0.2, -0.15) is 0 Å². The van der Waals surface area contributed by atoms with Crippen LogP contribution in [0.4, 0.5) is 0 Å². The third-order valence-electron chi connectivity index (χ3n) is 5.01. The topological polar surface area (TPSA) is 42.7 Å². The maximum absolute atomic E-state index is 12.8. The number of carbonyl (C=O) groups is 1. The highest BCUT2D eigenvalue weighted by Crippen LogP contribution is 2.30. The van der Waals surface area contributed by atoms with Crippen molar-refractivity contribution in [3.63, 3.8) is 0 Å². The second-order valence-corrected chi connectivity index (χ2v) is 6.66. The zero-order valence-corrected chi connectivity index (χ0v) is 14.5. The van der Waals surface area contributed by atoms with E-state index in [0.717, 1.165) is 41.3 Å². The summed E-state index contributed by atoms with van der Waals surface area (Å²) in [5.74, 6) is 0.153. The van der Waals surface area contributed by atoms with E-state index in [1.54, 1.807) is 6.26 Å². The number of likely N-dealkylation sites (tertiary alicyclic amines) is 1.